The fourth-order valence-corrected chi connectivity index (χ4v) is 3.02. The number of methoxy groups -OCH3 is 2. The lowest BCUT2D eigenvalue weighted by molar-refractivity contribution is -0.385. The van der Waals surface area contributed by atoms with Crippen molar-refractivity contribution >= 4 is 24.0 Å². The Labute approximate surface area is 164 Å². The molecule has 9 nitrogen and oxygen atoms in total. The van der Waals surface area contributed by atoms with Gasteiger partial charge in [-0.3, -0.25) is 14.9 Å². The quantitative estimate of drug-likeness (QED) is 0.475. The number of halogens is 1. The maximum atomic E-state index is 12.1. The number of nitrogens with zero attached hydrogens (tertiary/aromatic N) is 1. The predicted molar refractivity (Wildman–Crippen MR) is 102 cm³/mol. The standard InChI is InChI=1S/C17H25N3O6.ClH/c1-24-12-17(5-7-18-8-6-17)11-19-16(21)10-26-13-3-4-14(20(22)23)15(9-13)25-2;/h3-4,9,18H,5-8,10-12H2,1-2H3,(H,19,21);1H. The molecule has 1 fully saturated rings. The second-order valence-electron chi connectivity index (χ2n) is 6.34. The Kier molecular flexibility index (Phi) is 9.27. The number of carbonyl (C=O) groups is 1. The minimum absolute atomic E-state index is 0. The van der Waals surface area contributed by atoms with Crippen molar-refractivity contribution in [3.63, 3.8) is 0 Å². The van der Waals surface area contributed by atoms with Crippen LogP contribution < -0.4 is 20.1 Å². The Morgan fingerprint density at radius 3 is 2.63 bits per heavy atom. The number of carbonyl (C=O) groups excluding carboxylic acids is 1. The molecule has 10 heteroatoms. The average Bonchev–Trinajstić information content (AvgIpc) is 2.65. The first-order chi connectivity index (χ1) is 12.5. The van der Waals surface area contributed by atoms with Gasteiger partial charge in [0, 0.05) is 31.2 Å². The van der Waals surface area contributed by atoms with E-state index >= 15 is 0 Å². The molecule has 1 aromatic carbocycles. The van der Waals surface area contributed by atoms with Crippen LogP contribution >= 0.6 is 12.4 Å². The lowest BCUT2D eigenvalue weighted by Gasteiger charge is -2.37. The van der Waals surface area contributed by atoms with E-state index in [4.69, 9.17) is 14.2 Å². The first-order valence-electron chi connectivity index (χ1n) is 8.41. The zero-order valence-electron chi connectivity index (χ0n) is 15.5. The lowest BCUT2D eigenvalue weighted by Crippen LogP contribution is -2.47. The van der Waals surface area contributed by atoms with Crippen LogP contribution in [0.1, 0.15) is 12.8 Å². The molecule has 0 atom stereocenters. The smallest absolute Gasteiger partial charge is 0.311 e. The number of nitro benzene ring substituents is 1. The van der Waals surface area contributed by atoms with Crippen LogP contribution in [0.2, 0.25) is 0 Å². The Morgan fingerprint density at radius 2 is 2.04 bits per heavy atom. The van der Waals surface area contributed by atoms with Gasteiger partial charge in [-0.2, -0.15) is 0 Å². The molecular formula is C17H26ClN3O6. The molecule has 27 heavy (non-hydrogen) atoms. The average molecular weight is 404 g/mol. The highest BCUT2D eigenvalue weighted by Crippen LogP contribution is 2.31. The molecule has 0 radical (unpaired) electrons. The normalized spacial score (nSPS) is 15.3. The van der Waals surface area contributed by atoms with Gasteiger partial charge in [-0.15, -0.1) is 12.4 Å². The molecule has 0 spiro atoms. The maximum absolute atomic E-state index is 12.1. The van der Waals surface area contributed by atoms with Gasteiger partial charge in [-0.1, -0.05) is 0 Å². The van der Waals surface area contributed by atoms with Gasteiger partial charge in [-0.25, -0.2) is 0 Å². The van der Waals surface area contributed by atoms with Crippen molar-refractivity contribution in [2.75, 3.05) is 47.1 Å². The topological polar surface area (TPSA) is 112 Å². The van der Waals surface area contributed by atoms with Gasteiger partial charge in [0.05, 0.1) is 18.6 Å². The van der Waals surface area contributed by atoms with Gasteiger partial charge in [0.25, 0.3) is 5.91 Å². The van der Waals surface area contributed by atoms with E-state index in [0.717, 1.165) is 25.9 Å². The van der Waals surface area contributed by atoms with Crippen molar-refractivity contribution in [1.29, 1.82) is 0 Å². The summed E-state index contributed by atoms with van der Waals surface area (Å²) in [6.45, 7) is 2.74. The van der Waals surface area contributed by atoms with Crippen LogP contribution in [0, 0.1) is 15.5 Å². The van der Waals surface area contributed by atoms with Crippen molar-refractivity contribution in [3.8, 4) is 11.5 Å². The molecule has 1 aliphatic heterocycles. The first-order valence-corrected chi connectivity index (χ1v) is 8.41. The number of amides is 1. The van der Waals surface area contributed by atoms with Crippen LogP contribution in [-0.4, -0.2) is 57.9 Å². The van der Waals surface area contributed by atoms with Crippen molar-refractivity contribution < 1.29 is 23.9 Å². The van der Waals surface area contributed by atoms with Crippen molar-refractivity contribution in [1.82, 2.24) is 10.6 Å². The minimum atomic E-state index is -0.538. The number of piperidine rings is 1. The molecule has 0 aliphatic carbocycles. The summed E-state index contributed by atoms with van der Waals surface area (Å²) in [7, 11) is 3.00. The predicted octanol–water partition coefficient (Wildman–Crippen LogP) is 1.54. The van der Waals surface area contributed by atoms with Gasteiger partial charge in [0.1, 0.15) is 5.75 Å². The highest BCUT2D eigenvalue weighted by atomic mass is 35.5. The van der Waals surface area contributed by atoms with E-state index in [2.05, 4.69) is 10.6 Å². The zero-order valence-corrected chi connectivity index (χ0v) is 16.3. The van der Waals surface area contributed by atoms with Crippen LogP contribution in [0.4, 0.5) is 5.69 Å². The highest BCUT2D eigenvalue weighted by Gasteiger charge is 2.32. The number of hydrogen-bond acceptors (Lipinski definition) is 7. The van der Waals surface area contributed by atoms with Crippen LogP contribution in [-0.2, 0) is 9.53 Å². The third-order valence-electron chi connectivity index (χ3n) is 4.49. The second kappa shape index (κ2) is 10.9. The van der Waals surface area contributed by atoms with Crippen LogP contribution in [0.15, 0.2) is 18.2 Å². The van der Waals surface area contributed by atoms with Gasteiger partial charge in [0.2, 0.25) is 5.75 Å². The molecule has 1 heterocycles. The van der Waals surface area contributed by atoms with Crippen molar-refractivity contribution in [2.45, 2.75) is 12.8 Å². The number of rotatable bonds is 9. The van der Waals surface area contributed by atoms with Gasteiger partial charge in [0.15, 0.2) is 6.61 Å². The second-order valence-corrected chi connectivity index (χ2v) is 6.34. The van der Waals surface area contributed by atoms with E-state index < -0.39 is 4.92 Å². The van der Waals surface area contributed by atoms with Crippen molar-refractivity contribution in [3.05, 3.63) is 28.3 Å². The third kappa shape index (κ3) is 6.53. The summed E-state index contributed by atoms with van der Waals surface area (Å²) < 4.78 is 15.7. The molecule has 152 valence electrons. The summed E-state index contributed by atoms with van der Waals surface area (Å²) in [5.74, 6) is 0.161. The summed E-state index contributed by atoms with van der Waals surface area (Å²) in [6.07, 6.45) is 1.86. The lowest BCUT2D eigenvalue weighted by atomic mass is 9.79. The fourth-order valence-electron chi connectivity index (χ4n) is 3.02. The minimum Gasteiger partial charge on any atom is -0.490 e. The summed E-state index contributed by atoms with van der Waals surface area (Å²) in [5, 5.41) is 17.1. The van der Waals surface area contributed by atoms with Gasteiger partial charge in [-0.05, 0) is 32.0 Å². The number of nitro groups is 1. The Morgan fingerprint density at radius 1 is 1.33 bits per heavy atom. The summed E-state index contributed by atoms with van der Waals surface area (Å²) in [5.41, 5.74) is -0.219. The molecule has 1 saturated heterocycles. The maximum Gasteiger partial charge on any atom is 0.311 e. The molecule has 0 unspecified atom stereocenters. The number of hydrogen-bond donors (Lipinski definition) is 2. The van der Waals surface area contributed by atoms with E-state index in [1.165, 1.54) is 25.3 Å². The van der Waals surface area contributed by atoms with Crippen LogP contribution in [0.5, 0.6) is 11.5 Å². The van der Waals surface area contributed by atoms with Crippen LogP contribution in [0.3, 0.4) is 0 Å². The van der Waals surface area contributed by atoms with E-state index in [1.807, 2.05) is 0 Å². The van der Waals surface area contributed by atoms with E-state index in [9.17, 15) is 14.9 Å². The van der Waals surface area contributed by atoms with E-state index in [0.29, 0.717) is 18.9 Å². The largest absolute Gasteiger partial charge is 0.490 e. The molecule has 0 aromatic heterocycles. The summed E-state index contributed by atoms with van der Waals surface area (Å²) in [6, 6.07) is 4.12. The Bertz CT molecular complexity index is 632. The number of ether oxygens (including phenoxy) is 3. The molecule has 1 aliphatic rings. The third-order valence-corrected chi connectivity index (χ3v) is 4.49. The molecule has 1 aromatic rings. The molecule has 2 rings (SSSR count). The first kappa shape index (κ1) is 22.9. The molecule has 1 amide bonds. The van der Waals surface area contributed by atoms with Crippen LogP contribution in [0.25, 0.3) is 0 Å². The van der Waals surface area contributed by atoms with Gasteiger partial charge < -0.3 is 24.8 Å². The SMILES string of the molecule is COCC1(CNC(=O)COc2ccc([N+](=O)[O-])c(OC)c2)CCNCC1.Cl. The molecule has 2 N–H and O–H groups in total. The highest BCUT2D eigenvalue weighted by molar-refractivity contribution is 5.85. The van der Waals surface area contributed by atoms with Gasteiger partial charge >= 0.3 is 5.69 Å². The number of benzene rings is 1. The zero-order chi connectivity index (χ0) is 19.0. The Hall–Kier alpha value is -2.10. The molecular weight excluding hydrogens is 378 g/mol. The molecule has 0 saturated carbocycles. The van der Waals surface area contributed by atoms with E-state index in [1.54, 1.807) is 7.11 Å². The van der Waals surface area contributed by atoms with Crippen molar-refractivity contribution in [2.24, 2.45) is 5.41 Å². The number of nitrogens with one attached hydrogen (secondary N) is 2. The summed E-state index contributed by atoms with van der Waals surface area (Å²) in [4.78, 5) is 22.4. The molecule has 0 bridgehead atoms. The monoisotopic (exact) mass is 403 g/mol. The summed E-state index contributed by atoms with van der Waals surface area (Å²) >= 11 is 0. The Balaban J connectivity index is 0.00000364. The van der Waals surface area contributed by atoms with E-state index in [-0.39, 0.29) is 41.8 Å². The fraction of sp³-hybridized carbons (Fsp3) is 0.588.